The molecule has 0 aromatic carbocycles. The van der Waals surface area contributed by atoms with Gasteiger partial charge in [-0.05, 0) is 50.9 Å². The van der Waals surface area contributed by atoms with Gasteiger partial charge in [0.2, 0.25) is 5.91 Å². The summed E-state index contributed by atoms with van der Waals surface area (Å²) in [5.74, 6) is 0.768. The van der Waals surface area contributed by atoms with Gasteiger partial charge in [0.1, 0.15) is 5.54 Å². The number of amides is 4. The molecule has 1 saturated carbocycles. The first-order valence-electron chi connectivity index (χ1n) is 11.1. The van der Waals surface area contributed by atoms with E-state index < -0.39 is 5.54 Å². The Hall–Kier alpha value is -1.63. The molecule has 3 aliphatic rings. The van der Waals surface area contributed by atoms with Crippen molar-refractivity contribution in [1.82, 2.24) is 20.4 Å². The lowest BCUT2D eigenvalue weighted by Gasteiger charge is -2.35. The first-order valence-corrected chi connectivity index (χ1v) is 11.1. The number of imide groups is 1. The third-order valence-electron chi connectivity index (χ3n) is 6.75. The number of carbonyl (C=O) groups excluding carboxylic acids is 3. The van der Waals surface area contributed by atoms with Crippen LogP contribution in [0, 0.1) is 11.8 Å². The lowest BCUT2D eigenvalue weighted by atomic mass is 9.77. The van der Waals surface area contributed by atoms with Gasteiger partial charge in [0.05, 0.1) is 6.67 Å². The molecule has 4 amide bonds. The first-order chi connectivity index (χ1) is 13.4. The van der Waals surface area contributed by atoms with Gasteiger partial charge in [-0.1, -0.05) is 26.7 Å². The fourth-order valence-corrected chi connectivity index (χ4v) is 4.67. The van der Waals surface area contributed by atoms with Crippen molar-refractivity contribution >= 4 is 17.8 Å². The second-order valence-electron chi connectivity index (χ2n) is 8.96. The van der Waals surface area contributed by atoms with E-state index in [1.807, 2.05) is 0 Å². The van der Waals surface area contributed by atoms with Crippen LogP contribution in [0.3, 0.4) is 0 Å². The minimum absolute atomic E-state index is 0.0483. The van der Waals surface area contributed by atoms with E-state index in [1.165, 1.54) is 4.90 Å². The molecule has 0 unspecified atom stereocenters. The van der Waals surface area contributed by atoms with Crippen LogP contribution in [-0.4, -0.2) is 59.5 Å². The highest BCUT2D eigenvalue weighted by Gasteiger charge is 2.52. The zero-order valence-corrected chi connectivity index (χ0v) is 17.5. The van der Waals surface area contributed by atoms with Crippen molar-refractivity contribution in [2.45, 2.75) is 77.2 Å². The van der Waals surface area contributed by atoms with Gasteiger partial charge in [-0.15, -0.1) is 0 Å². The molecule has 0 bridgehead atoms. The Labute approximate surface area is 168 Å². The summed E-state index contributed by atoms with van der Waals surface area (Å²) in [5.41, 5.74) is -0.666. The molecule has 1 aliphatic carbocycles. The standard InChI is InChI=1S/C21H36N4O3/c1-3-4-5-12-22-18(26)17-8-13-24(14-9-17)15-25-19(27)21(23-20(25)28)10-6-16(2)7-11-21/h16-17H,3-15H2,1-2H3,(H,22,26)(H,23,28). The number of likely N-dealkylation sites (tertiary alicyclic amines) is 1. The maximum Gasteiger partial charge on any atom is 0.326 e. The summed E-state index contributed by atoms with van der Waals surface area (Å²) < 4.78 is 0. The number of hydrogen-bond donors (Lipinski definition) is 2. The SMILES string of the molecule is CCCCCNC(=O)C1CCN(CN2C(=O)NC3(CCC(C)CC3)C2=O)CC1. The van der Waals surface area contributed by atoms with Gasteiger partial charge in [-0.3, -0.25) is 14.5 Å². The molecular formula is C21H36N4O3. The molecule has 2 aliphatic heterocycles. The minimum atomic E-state index is -0.666. The summed E-state index contributed by atoms with van der Waals surface area (Å²) >= 11 is 0. The van der Waals surface area contributed by atoms with Crippen LogP contribution in [0.2, 0.25) is 0 Å². The van der Waals surface area contributed by atoms with E-state index in [1.54, 1.807) is 0 Å². The molecule has 7 heteroatoms. The maximum absolute atomic E-state index is 13.0. The van der Waals surface area contributed by atoms with Crippen LogP contribution in [-0.2, 0) is 9.59 Å². The van der Waals surface area contributed by atoms with Crippen LogP contribution in [0.5, 0.6) is 0 Å². The maximum atomic E-state index is 13.0. The molecule has 3 rings (SSSR count). The molecule has 1 spiro atoms. The molecular weight excluding hydrogens is 356 g/mol. The molecule has 2 N–H and O–H groups in total. The number of nitrogens with one attached hydrogen (secondary N) is 2. The number of carbonyl (C=O) groups is 3. The quantitative estimate of drug-likeness (QED) is 0.515. The van der Waals surface area contributed by atoms with E-state index in [0.717, 1.165) is 77.4 Å². The van der Waals surface area contributed by atoms with Crippen molar-refractivity contribution in [3.8, 4) is 0 Å². The number of unbranched alkanes of at least 4 members (excludes halogenated alkanes) is 2. The average molecular weight is 393 g/mol. The second kappa shape index (κ2) is 9.25. The molecule has 0 atom stereocenters. The number of hydrogen-bond acceptors (Lipinski definition) is 4. The molecule has 2 heterocycles. The molecule has 0 radical (unpaired) electrons. The molecule has 3 fully saturated rings. The van der Waals surface area contributed by atoms with Crippen LogP contribution in [0.4, 0.5) is 4.79 Å². The second-order valence-corrected chi connectivity index (χ2v) is 8.96. The molecule has 158 valence electrons. The monoisotopic (exact) mass is 392 g/mol. The van der Waals surface area contributed by atoms with E-state index in [0.29, 0.717) is 12.6 Å². The van der Waals surface area contributed by atoms with Gasteiger partial charge in [0, 0.05) is 25.6 Å². The highest BCUT2D eigenvalue weighted by Crippen LogP contribution is 2.36. The fourth-order valence-electron chi connectivity index (χ4n) is 4.67. The van der Waals surface area contributed by atoms with E-state index >= 15 is 0 Å². The zero-order valence-electron chi connectivity index (χ0n) is 17.5. The van der Waals surface area contributed by atoms with Crippen LogP contribution in [0.1, 0.15) is 71.6 Å². The number of nitrogens with zero attached hydrogens (tertiary/aromatic N) is 2. The van der Waals surface area contributed by atoms with E-state index in [9.17, 15) is 14.4 Å². The van der Waals surface area contributed by atoms with Crippen molar-refractivity contribution in [1.29, 1.82) is 0 Å². The van der Waals surface area contributed by atoms with Crippen molar-refractivity contribution in [2.24, 2.45) is 11.8 Å². The fraction of sp³-hybridized carbons (Fsp3) is 0.857. The summed E-state index contributed by atoms with van der Waals surface area (Å²) in [5, 5.41) is 6.03. The van der Waals surface area contributed by atoms with Gasteiger partial charge in [-0.25, -0.2) is 9.69 Å². The number of rotatable bonds is 7. The first kappa shape index (κ1) is 21.1. The van der Waals surface area contributed by atoms with E-state index in [4.69, 9.17) is 0 Å². The summed E-state index contributed by atoms with van der Waals surface area (Å²) in [7, 11) is 0. The predicted octanol–water partition coefficient (Wildman–Crippen LogP) is 2.46. The molecule has 28 heavy (non-hydrogen) atoms. The third kappa shape index (κ3) is 4.67. The Balaban J connectivity index is 1.45. The lowest BCUT2D eigenvalue weighted by molar-refractivity contribution is -0.135. The van der Waals surface area contributed by atoms with E-state index in [-0.39, 0.29) is 23.8 Å². The summed E-state index contributed by atoms with van der Waals surface area (Å²) in [6, 6.07) is -0.254. The number of piperidine rings is 1. The van der Waals surface area contributed by atoms with Gasteiger partial charge in [0.15, 0.2) is 0 Å². The average Bonchev–Trinajstić information content (AvgIpc) is 2.92. The van der Waals surface area contributed by atoms with Gasteiger partial charge in [-0.2, -0.15) is 0 Å². The summed E-state index contributed by atoms with van der Waals surface area (Å²) in [6.45, 7) is 6.95. The summed E-state index contributed by atoms with van der Waals surface area (Å²) in [6.07, 6.45) is 8.36. The molecule has 2 saturated heterocycles. The van der Waals surface area contributed by atoms with Crippen molar-refractivity contribution in [2.75, 3.05) is 26.3 Å². The van der Waals surface area contributed by atoms with Crippen molar-refractivity contribution in [3.63, 3.8) is 0 Å². The Bertz CT molecular complexity index is 578. The van der Waals surface area contributed by atoms with Crippen LogP contribution in [0.25, 0.3) is 0 Å². The molecule has 0 aromatic heterocycles. The van der Waals surface area contributed by atoms with Crippen molar-refractivity contribution in [3.05, 3.63) is 0 Å². The predicted molar refractivity (Wildman–Crippen MR) is 107 cm³/mol. The van der Waals surface area contributed by atoms with Crippen LogP contribution < -0.4 is 10.6 Å². The molecule has 0 aromatic rings. The Morgan fingerprint density at radius 2 is 1.82 bits per heavy atom. The largest absolute Gasteiger partial charge is 0.356 e. The Morgan fingerprint density at radius 3 is 2.46 bits per heavy atom. The highest BCUT2D eigenvalue weighted by atomic mass is 16.2. The van der Waals surface area contributed by atoms with Crippen LogP contribution >= 0.6 is 0 Å². The topological polar surface area (TPSA) is 81.8 Å². The highest BCUT2D eigenvalue weighted by molar-refractivity contribution is 6.07. The minimum Gasteiger partial charge on any atom is -0.356 e. The Kier molecular flexibility index (Phi) is 6.96. The van der Waals surface area contributed by atoms with Gasteiger partial charge < -0.3 is 10.6 Å². The normalized spacial score (nSPS) is 29.4. The van der Waals surface area contributed by atoms with Crippen LogP contribution in [0.15, 0.2) is 0 Å². The summed E-state index contributed by atoms with van der Waals surface area (Å²) in [4.78, 5) is 41.2. The van der Waals surface area contributed by atoms with Gasteiger partial charge in [0.25, 0.3) is 5.91 Å². The van der Waals surface area contributed by atoms with Crippen molar-refractivity contribution < 1.29 is 14.4 Å². The zero-order chi connectivity index (χ0) is 20.1. The number of urea groups is 1. The molecule has 7 nitrogen and oxygen atoms in total. The third-order valence-corrected chi connectivity index (χ3v) is 6.75. The lowest BCUT2D eigenvalue weighted by Crippen LogP contribution is -2.50. The van der Waals surface area contributed by atoms with E-state index in [2.05, 4.69) is 29.4 Å². The smallest absolute Gasteiger partial charge is 0.326 e. The Morgan fingerprint density at radius 1 is 1.14 bits per heavy atom. The van der Waals surface area contributed by atoms with Gasteiger partial charge >= 0.3 is 6.03 Å².